The summed E-state index contributed by atoms with van der Waals surface area (Å²) < 4.78 is 0. The van der Waals surface area contributed by atoms with Crippen molar-refractivity contribution in [1.29, 1.82) is 0 Å². The van der Waals surface area contributed by atoms with Gasteiger partial charge in [0, 0.05) is 31.7 Å². The fourth-order valence-corrected chi connectivity index (χ4v) is 5.16. The smallest absolute Gasteiger partial charge is 0.0424 e. The number of hydrogen-bond donors (Lipinski definition) is 0. The van der Waals surface area contributed by atoms with Crippen LogP contribution in [-0.2, 0) is 0 Å². The highest BCUT2D eigenvalue weighted by molar-refractivity contribution is 6.62. The first-order valence-electron chi connectivity index (χ1n) is 5.15. The largest absolute Gasteiger partial charge is 0.0943 e. The molecule has 0 saturated heterocycles. The number of nitrogens with zero attached hydrogens (tertiary/aromatic N) is 6. The Hall–Kier alpha value is -1.16. The van der Waals surface area contributed by atoms with Crippen LogP contribution in [0, 0.1) is 0 Å². The summed E-state index contributed by atoms with van der Waals surface area (Å²) >= 11 is 0. The van der Waals surface area contributed by atoms with Gasteiger partial charge in [-0.1, -0.05) is 42.6 Å². The van der Waals surface area contributed by atoms with E-state index < -0.39 is 8.80 Å². The Morgan fingerprint density at radius 2 is 1.73 bits per heavy atom. The molecule has 7 heteroatoms. The van der Waals surface area contributed by atoms with Crippen molar-refractivity contribution in [1.82, 2.24) is 0 Å². The maximum atomic E-state index is 8.26. The molecule has 0 saturated carbocycles. The van der Waals surface area contributed by atoms with Crippen LogP contribution in [0.4, 0.5) is 0 Å². The third-order valence-electron chi connectivity index (χ3n) is 2.65. The van der Waals surface area contributed by atoms with Crippen molar-refractivity contribution in [2.45, 2.75) is 37.9 Å². The summed E-state index contributed by atoms with van der Waals surface area (Å²) in [5, 5.41) is 7.18. The number of rotatable bonds is 7. The van der Waals surface area contributed by atoms with Crippen molar-refractivity contribution in [3.8, 4) is 0 Å². The van der Waals surface area contributed by atoms with E-state index >= 15 is 0 Å². The summed E-state index contributed by atoms with van der Waals surface area (Å²) in [5.41, 5.74) is 17.6. The summed E-state index contributed by atoms with van der Waals surface area (Å²) in [6.45, 7) is 7.66. The van der Waals surface area contributed by atoms with Crippen LogP contribution in [0.1, 0.15) is 20.8 Å². The van der Waals surface area contributed by atoms with E-state index in [1.165, 1.54) is 0 Å². The van der Waals surface area contributed by atoms with Crippen molar-refractivity contribution in [3.05, 3.63) is 20.9 Å². The molecule has 0 aliphatic carbocycles. The van der Waals surface area contributed by atoms with Crippen molar-refractivity contribution < 1.29 is 0 Å². The Labute approximate surface area is 91.5 Å². The standard InChI is InChI=1S/C8H18N6Si/c1-7(2)15(5-4-11-13-9)8(3)6-12-14-10/h7-8,15H,4-6H2,1-3H3. The molecule has 0 radical (unpaired) electrons. The topological polar surface area (TPSA) is 97.5 Å². The minimum atomic E-state index is -0.994. The average Bonchev–Trinajstić information content (AvgIpc) is 2.20. The first-order valence-corrected chi connectivity index (χ1v) is 7.30. The molecule has 0 fully saturated rings. The zero-order valence-electron chi connectivity index (χ0n) is 9.54. The Bertz CT molecular complexity index is 266. The van der Waals surface area contributed by atoms with Gasteiger partial charge in [-0.05, 0) is 16.6 Å². The van der Waals surface area contributed by atoms with Crippen LogP contribution in [0.2, 0.25) is 17.1 Å². The van der Waals surface area contributed by atoms with E-state index in [9.17, 15) is 0 Å². The van der Waals surface area contributed by atoms with Crippen molar-refractivity contribution in [3.63, 3.8) is 0 Å². The highest BCUT2D eigenvalue weighted by Gasteiger charge is 2.21. The lowest BCUT2D eigenvalue weighted by Crippen LogP contribution is -2.25. The average molecular weight is 226 g/mol. The molecule has 15 heavy (non-hydrogen) atoms. The van der Waals surface area contributed by atoms with Crippen LogP contribution in [-0.4, -0.2) is 21.9 Å². The van der Waals surface area contributed by atoms with E-state index in [1.54, 1.807) is 0 Å². The summed E-state index contributed by atoms with van der Waals surface area (Å²) in [4.78, 5) is 5.53. The van der Waals surface area contributed by atoms with E-state index in [2.05, 4.69) is 40.8 Å². The second-order valence-electron chi connectivity index (χ2n) is 4.04. The SMILES string of the molecule is CC(C)[SiH](CCN=[N+]=[N-])C(C)CN=[N+]=[N-]. The van der Waals surface area contributed by atoms with Crippen molar-refractivity contribution in [2.24, 2.45) is 10.2 Å². The van der Waals surface area contributed by atoms with Crippen molar-refractivity contribution >= 4 is 8.80 Å². The highest BCUT2D eigenvalue weighted by atomic mass is 28.3. The van der Waals surface area contributed by atoms with Crippen LogP contribution in [0.15, 0.2) is 10.2 Å². The summed E-state index contributed by atoms with van der Waals surface area (Å²) in [5.74, 6) is 0. The molecule has 0 rings (SSSR count). The first-order chi connectivity index (χ1) is 7.13. The van der Waals surface area contributed by atoms with E-state index in [-0.39, 0.29) is 0 Å². The minimum Gasteiger partial charge on any atom is -0.0943 e. The molecule has 0 heterocycles. The molecular weight excluding hydrogens is 208 g/mol. The fourth-order valence-electron chi connectivity index (χ4n) is 1.83. The normalized spacial score (nSPS) is 13.9. The molecule has 0 amide bonds. The first kappa shape index (κ1) is 13.8. The molecule has 2 atom stereocenters. The minimum absolute atomic E-state index is 0.467. The lowest BCUT2D eigenvalue weighted by molar-refractivity contribution is 0.838. The van der Waals surface area contributed by atoms with Crippen molar-refractivity contribution in [2.75, 3.05) is 13.1 Å². The third kappa shape index (κ3) is 6.01. The predicted molar refractivity (Wildman–Crippen MR) is 64.5 cm³/mol. The summed E-state index contributed by atoms with van der Waals surface area (Å²) in [6.07, 6.45) is 0. The van der Waals surface area contributed by atoms with Gasteiger partial charge in [0.25, 0.3) is 0 Å². The molecule has 2 unspecified atom stereocenters. The van der Waals surface area contributed by atoms with Gasteiger partial charge in [0.1, 0.15) is 0 Å². The molecule has 0 aromatic carbocycles. The zero-order chi connectivity index (χ0) is 11.7. The Balaban J connectivity index is 4.23. The molecule has 0 aromatic rings. The molecule has 0 aliphatic rings. The van der Waals surface area contributed by atoms with E-state index in [1.807, 2.05) is 0 Å². The summed E-state index contributed by atoms with van der Waals surface area (Å²) in [7, 11) is -0.994. The van der Waals surface area contributed by atoms with Crippen LogP contribution < -0.4 is 0 Å². The summed E-state index contributed by atoms with van der Waals surface area (Å²) in [6, 6.07) is 0.990. The Morgan fingerprint density at radius 1 is 1.13 bits per heavy atom. The van der Waals surface area contributed by atoms with Gasteiger partial charge in [-0.15, -0.1) is 0 Å². The van der Waals surface area contributed by atoms with E-state index in [0.29, 0.717) is 24.2 Å². The van der Waals surface area contributed by atoms with Gasteiger partial charge in [0.05, 0.1) is 0 Å². The lowest BCUT2D eigenvalue weighted by atomic mass is 10.5. The van der Waals surface area contributed by atoms with Crippen LogP contribution in [0.25, 0.3) is 20.9 Å². The second kappa shape index (κ2) is 8.17. The Kier molecular flexibility index (Phi) is 7.54. The highest BCUT2D eigenvalue weighted by Crippen LogP contribution is 2.24. The third-order valence-corrected chi connectivity index (χ3v) is 6.96. The molecule has 0 aromatic heterocycles. The van der Waals surface area contributed by atoms with Crippen LogP contribution in [0.3, 0.4) is 0 Å². The van der Waals surface area contributed by atoms with Gasteiger partial charge in [0.2, 0.25) is 0 Å². The monoisotopic (exact) mass is 226 g/mol. The molecule has 0 bridgehead atoms. The zero-order valence-corrected chi connectivity index (χ0v) is 10.7. The second-order valence-corrected chi connectivity index (χ2v) is 8.42. The Morgan fingerprint density at radius 3 is 2.20 bits per heavy atom. The lowest BCUT2D eigenvalue weighted by Gasteiger charge is -2.24. The van der Waals surface area contributed by atoms with Gasteiger partial charge in [-0.25, -0.2) is 0 Å². The maximum absolute atomic E-state index is 8.26. The van der Waals surface area contributed by atoms with Gasteiger partial charge in [-0.2, -0.15) is 0 Å². The van der Waals surface area contributed by atoms with Crippen LogP contribution >= 0.6 is 0 Å². The quantitative estimate of drug-likeness (QED) is 0.274. The fraction of sp³-hybridized carbons (Fsp3) is 1.00. The molecule has 0 aliphatic heterocycles. The van der Waals surface area contributed by atoms with Gasteiger partial charge < -0.3 is 0 Å². The van der Waals surface area contributed by atoms with Gasteiger partial charge in [-0.3, -0.25) is 0 Å². The number of hydrogen-bond acceptors (Lipinski definition) is 2. The maximum Gasteiger partial charge on any atom is 0.0424 e. The van der Waals surface area contributed by atoms with Gasteiger partial charge in [0.15, 0.2) is 0 Å². The van der Waals surface area contributed by atoms with E-state index in [4.69, 9.17) is 11.1 Å². The number of azide groups is 2. The molecule has 84 valence electrons. The predicted octanol–water partition coefficient (Wildman–Crippen LogP) is 3.63. The van der Waals surface area contributed by atoms with Crippen LogP contribution in [0.5, 0.6) is 0 Å². The molecular formula is C8H18N6Si. The molecule has 0 spiro atoms. The molecule has 6 nitrogen and oxygen atoms in total. The van der Waals surface area contributed by atoms with E-state index in [0.717, 1.165) is 6.04 Å². The molecule has 0 N–H and O–H groups in total. The van der Waals surface area contributed by atoms with Gasteiger partial charge >= 0.3 is 0 Å².